The Morgan fingerprint density at radius 2 is 1.66 bits per heavy atom. The minimum Gasteiger partial charge on any atom is -0.504 e. The molecule has 0 bridgehead atoms. The highest BCUT2D eigenvalue weighted by atomic mass is 16.7. The van der Waals surface area contributed by atoms with Gasteiger partial charge in [-0.15, -0.1) is 0 Å². The number of hydrogen-bond acceptors (Lipinski definition) is 6. The van der Waals surface area contributed by atoms with Crippen molar-refractivity contribution in [1.29, 1.82) is 0 Å². The summed E-state index contributed by atoms with van der Waals surface area (Å²) >= 11 is 0. The molecule has 4 rings (SSSR count). The fourth-order valence-electron chi connectivity index (χ4n) is 6.17. The van der Waals surface area contributed by atoms with Crippen molar-refractivity contribution in [2.24, 2.45) is 5.92 Å². The molecular weight excluding hydrogens is 408 g/mol. The van der Waals surface area contributed by atoms with E-state index in [2.05, 4.69) is 33.8 Å². The van der Waals surface area contributed by atoms with Crippen molar-refractivity contribution in [3.63, 3.8) is 0 Å². The van der Waals surface area contributed by atoms with E-state index in [0.29, 0.717) is 17.6 Å². The molecule has 1 aliphatic heterocycles. The summed E-state index contributed by atoms with van der Waals surface area (Å²) in [5.74, 6) is 1.81. The molecule has 5 unspecified atom stereocenters. The lowest BCUT2D eigenvalue weighted by molar-refractivity contribution is -0.268. The van der Waals surface area contributed by atoms with Gasteiger partial charge in [-0.3, -0.25) is 0 Å². The average molecular weight is 447 g/mol. The minimum atomic E-state index is -1.42. The number of rotatable bonds is 3. The van der Waals surface area contributed by atoms with Gasteiger partial charge in [-0.25, -0.2) is 0 Å². The molecule has 0 radical (unpaired) electrons. The maximum atomic E-state index is 11.4. The van der Waals surface area contributed by atoms with Crippen LogP contribution in [0.1, 0.15) is 93.9 Å². The van der Waals surface area contributed by atoms with Gasteiger partial charge in [-0.1, -0.05) is 25.5 Å². The Bertz CT molecular complexity index is 904. The lowest BCUT2D eigenvalue weighted by atomic mass is 9.62. The number of aliphatic hydroxyl groups excluding tert-OH is 3. The van der Waals surface area contributed by atoms with E-state index in [0.717, 1.165) is 30.4 Å². The number of phenolic OH excluding ortho intramolecular Hbond substituents is 1. The monoisotopic (exact) mass is 446 g/mol. The van der Waals surface area contributed by atoms with Crippen LogP contribution in [0, 0.1) is 12.8 Å². The molecule has 1 aromatic rings. The van der Waals surface area contributed by atoms with Crippen LogP contribution in [0.25, 0.3) is 0 Å². The highest BCUT2D eigenvalue weighted by Crippen LogP contribution is 2.58. The van der Waals surface area contributed by atoms with Crippen molar-refractivity contribution in [1.82, 2.24) is 0 Å². The SMILES string of the molecule is CC(C)=C[C@H]1C[C@H](C)[C@H]2CC[C@H](C)c3c(O)c(OC4OC(C)C(O)C(O)C4O)c(C)c1c32. The Morgan fingerprint density at radius 1 is 0.969 bits per heavy atom. The summed E-state index contributed by atoms with van der Waals surface area (Å²) in [5, 5.41) is 42.1. The lowest BCUT2D eigenvalue weighted by Crippen LogP contribution is -2.58. The van der Waals surface area contributed by atoms with Gasteiger partial charge < -0.3 is 29.9 Å². The van der Waals surface area contributed by atoms with E-state index in [9.17, 15) is 20.4 Å². The van der Waals surface area contributed by atoms with Gasteiger partial charge in [0, 0.05) is 11.5 Å². The summed E-state index contributed by atoms with van der Waals surface area (Å²) in [5.41, 5.74) is 5.57. The summed E-state index contributed by atoms with van der Waals surface area (Å²) < 4.78 is 11.8. The van der Waals surface area contributed by atoms with Crippen LogP contribution in [-0.2, 0) is 4.74 Å². The third-order valence-electron chi connectivity index (χ3n) is 7.83. The Balaban J connectivity index is 1.85. The standard InChI is InChI=1S/C26H38O6/c1-11(2)9-16-10-13(4)17-8-7-12(3)18-20(17)19(16)14(5)25(22(18)28)32-26-24(30)23(29)21(27)15(6)31-26/h9,12-13,15-17,21,23-24,26-30H,7-8,10H2,1-6H3/t12-,13-,15?,16-,17+,21?,23?,24?,26?/m0/s1. The van der Waals surface area contributed by atoms with Gasteiger partial charge in [0.2, 0.25) is 6.29 Å². The molecule has 9 atom stereocenters. The van der Waals surface area contributed by atoms with Crippen LogP contribution in [0.3, 0.4) is 0 Å². The molecule has 1 fully saturated rings. The van der Waals surface area contributed by atoms with E-state index >= 15 is 0 Å². The van der Waals surface area contributed by atoms with Gasteiger partial charge in [0.25, 0.3) is 0 Å². The van der Waals surface area contributed by atoms with E-state index in [-0.39, 0.29) is 17.6 Å². The fraction of sp³-hybridized carbons (Fsp3) is 0.692. The number of phenols is 1. The summed E-state index contributed by atoms with van der Waals surface area (Å²) in [6.45, 7) is 12.3. The van der Waals surface area contributed by atoms with Gasteiger partial charge in [0.05, 0.1) is 6.10 Å². The average Bonchev–Trinajstić information content (AvgIpc) is 2.72. The first-order valence-electron chi connectivity index (χ1n) is 11.9. The molecular formula is C26H38O6. The molecule has 0 saturated carbocycles. The highest BCUT2D eigenvalue weighted by molar-refractivity contribution is 5.64. The summed E-state index contributed by atoms with van der Waals surface area (Å²) in [4.78, 5) is 0. The number of ether oxygens (including phenoxy) is 2. The molecule has 1 aromatic carbocycles. The second-order valence-electron chi connectivity index (χ2n) is 10.5. The van der Waals surface area contributed by atoms with Crippen molar-refractivity contribution in [2.45, 2.75) is 109 Å². The van der Waals surface area contributed by atoms with E-state index in [1.807, 2.05) is 6.92 Å². The number of allylic oxidation sites excluding steroid dienone is 2. The Morgan fingerprint density at radius 3 is 2.31 bits per heavy atom. The quantitative estimate of drug-likeness (QED) is 0.524. The molecule has 1 heterocycles. The van der Waals surface area contributed by atoms with Crippen LogP contribution in [0.2, 0.25) is 0 Å². The molecule has 32 heavy (non-hydrogen) atoms. The Labute approximate surface area is 190 Å². The molecule has 2 aliphatic carbocycles. The molecule has 3 aliphatic rings. The van der Waals surface area contributed by atoms with Crippen LogP contribution in [0.15, 0.2) is 11.6 Å². The van der Waals surface area contributed by atoms with Gasteiger partial charge in [0.15, 0.2) is 11.5 Å². The number of benzene rings is 1. The third kappa shape index (κ3) is 3.75. The van der Waals surface area contributed by atoms with Crippen molar-refractivity contribution in [3.05, 3.63) is 33.9 Å². The molecule has 0 amide bonds. The maximum absolute atomic E-state index is 11.4. The zero-order valence-corrected chi connectivity index (χ0v) is 20.0. The van der Waals surface area contributed by atoms with Crippen LogP contribution in [0.5, 0.6) is 11.5 Å². The van der Waals surface area contributed by atoms with E-state index in [1.54, 1.807) is 6.92 Å². The molecule has 0 aromatic heterocycles. The van der Waals surface area contributed by atoms with Gasteiger partial charge in [0.1, 0.15) is 18.3 Å². The Hall–Kier alpha value is -1.60. The van der Waals surface area contributed by atoms with Crippen molar-refractivity contribution in [3.8, 4) is 11.5 Å². The zero-order chi connectivity index (χ0) is 23.5. The second kappa shape index (κ2) is 8.64. The van der Waals surface area contributed by atoms with Crippen molar-refractivity contribution < 1.29 is 29.9 Å². The predicted molar refractivity (Wildman–Crippen MR) is 122 cm³/mol. The maximum Gasteiger partial charge on any atom is 0.229 e. The first kappa shape index (κ1) is 23.6. The van der Waals surface area contributed by atoms with Crippen LogP contribution >= 0.6 is 0 Å². The van der Waals surface area contributed by atoms with Crippen molar-refractivity contribution in [2.75, 3.05) is 0 Å². The van der Waals surface area contributed by atoms with Crippen LogP contribution < -0.4 is 4.74 Å². The van der Waals surface area contributed by atoms with Gasteiger partial charge >= 0.3 is 0 Å². The molecule has 4 N–H and O–H groups in total. The summed E-state index contributed by atoms with van der Waals surface area (Å²) in [7, 11) is 0. The topological polar surface area (TPSA) is 99.4 Å². The molecule has 6 heteroatoms. The predicted octanol–water partition coefficient (Wildman–Crippen LogP) is 3.98. The molecule has 1 saturated heterocycles. The number of aliphatic hydroxyl groups is 3. The van der Waals surface area contributed by atoms with Crippen LogP contribution in [0.4, 0.5) is 0 Å². The second-order valence-corrected chi connectivity index (χ2v) is 10.5. The summed E-state index contributed by atoms with van der Waals surface area (Å²) in [6, 6.07) is 0. The molecule has 178 valence electrons. The largest absolute Gasteiger partial charge is 0.504 e. The lowest BCUT2D eigenvalue weighted by Gasteiger charge is -2.44. The smallest absolute Gasteiger partial charge is 0.229 e. The zero-order valence-electron chi connectivity index (χ0n) is 20.0. The van der Waals surface area contributed by atoms with E-state index < -0.39 is 30.7 Å². The molecule has 0 spiro atoms. The van der Waals surface area contributed by atoms with E-state index in [4.69, 9.17) is 9.47 Å². The Kier molecular flexibility index (Phi) is 6.36. The highest BCUT2D eigenvalue weighted by Gasteiger charge is 2.45. The fourth-order valence-corrected chi connectivity index (χ4v) is 6.17. The first-order valence-corrected chi connectivity index (χ1v) is 11.9. The minimum absolute atomic E-state index is 0.118. The van der Waals surface area contributed by atoms with E-state index in [1.165, 1.54) is 16.7 Å². The number of hydrogen-bond donors (Lipinski definition) is 4. The number of aromatic hydroxyl groups is 1. The van der Waals surface area contributed by atoms with Crippen LogP contribution in [-0.4, -0.2) is 51.1 Å². The first-order chi connectivity index (χ1) is 15.0. The third-order valence-corrected chi connectivity index (χ3v) is 7.83. The normalized spacial score (nSPS) is 38.7. The molecule has 6 nitrogen and oxygen atoms in total. The van der Waals surface area contributed by atoms with Crippen molar-refractivity contribution >= 4 is 0 Å². The summed E-state index contributed by atoms with van der Waals surface area (Å²) in [6.07, 6.45) is -0.415. The van der Waals surface area contributed by atoms with Gasteiger partial charge in [-0.2, -0.15) is 0 Å². The van der Waals surface area contributed by atoms with Gasteiger partial charge in [-0.05, 0) is 81.4 Å².